The Morgan fingerprint density at radius 1 is 1.25 bits per heavy atom. The lowest BCUT2D eigenvalue weighted by Gasteiger charge is -2.18. The van der Waals surface area contributed by atoms with Gasteiger partial charge in [0.15, 0.2) is 0 Å². The summed E-state index contributed by atoms with van der Waals surface area (Å²) in [5, 5.41) is 22.7. The molecule has 8 heteroatoms. The minimum absolute atomic E-state index is 0.0343. The summed E-state index contributed by atoms with van der Waals surface area (Å²) in [5.74, 6) is 1.56. The number of aromatic nitrogens is 2. The van der Waals surface area contributed by atoms with Crippen LogP contribution in [-0.2, 0) is 17.6 Å². The number of hydrogen-bond acceptors (Lipinski definition) is 8. The zero-order valence-electron chi connectivity index (χ0n) is 21.1. The largest absolute Gasteiger partial charge is 0.490 e. The first-order valence-electron chi connectivity index (χ1n) is 12.4. The van der Waals surface area contributed by atoms with Crippen molar-refractivity contribution in [3.8, 4) is 34.7 Å². The van der Waals surface area contributed by atoms with Crippen molar-refractivity contribution in [3.05, 3.63) is 52.6 Å². The summed E-state index contributed by atoms with van der Waals surface area (Å²) in [4.78, 5) is 19.0. The highest BCUT2D eigenvalue weighted by atomic mass is 16.5. The van der Waals surface area contributed by atoms with Crippen LogP contribution in [0.25, 0.3) is 22.8 Å². The van der Waals surface area contributed by atoms with Gasteiger partial charge in [-0.1, -0.05) is 17.3 Å². The van der Waals surface area contributed by atoms with Crippen LogP contribution in [0.3, 0.4) is 0 Å². The molecule has 1 N–H and O–H groups in total. The molecular formula is C28H32N4O4. The average Bonchev–Trinajstić information content (AvgIpc) is 3.25. The second kappa shape index (κ2) is 11.5. The van der Waals surface area contributed by atoms with E-state index in [4.69, 9.17) is 14.4 Å². The molecule has 0 bridgehead atoms. The first kappa shape index (κ1) is 25.5. The number of fused-ring (bicyclic) bond motifs is 1. The van der Waals surface area contributed by atoms with Crippen LogP contribution >= 0.6 is 0 Å². The Kier molecular flexibility index (Phi) is 8.14. The van der Waals surface area contributed by atoms with E-state index in [1.54, 1.807) is 12.1 Å². The van der Waals surface area contributed by atoms with Crippen LogP contribution < -0.4 is 4.74 Å². The number of aliphatic hydroxyl groups excluding tert-OH is 1. The number of ether oxygens (including phenoxy) is 1. The number of hydrogen-bond donors (Lipinski definition) is 1. The molecule has 0 saturated heterocycles. The number of ketones is 1. The molecule has 0 fully saturated rings. The molecule has 2 heterocycles. The van der Waals surface area contributed by atoms with Gasteiger partial charge in [0.05, 0.1) is 18.2 Å². The average molecular weight is 489 g/mol. The molecule has 8 nitrogen and oxygen atoms in total. The zero-order valence-corrected chi connectivity index (χ0v) is 21.1. The fourth-order valence-corrected chi connectivity index (χ4v) is 4.62. The summed E-state index contributed by atoms with van der Waals surface area (Å²) in [6, 6.07) is 11.6. The quantitative estimate of drug-likeness (QED) is 0.479. The number of nitriles is 1. The van der Waals surface area contributed by atoms with E-state index < -0.39 is 0 Å². The van der Waals surface area contributed by atoms with Crippen LogP contribution in [0.4, 0.5) is 0 Å². The lowest BCUT2D eigenvalue weighted by atomic mass is 9.93. The van der Waals surface area contributed by atoms with E-state index in [-0.39, 0.29) is 18.5 Å². The predicted octanol–water partition coefficient (Wildman–Crippen LogP) is 4.11. The highest BCUT2D eigenvalue weighted by Gasteiger charge is 2.21. The molecule has 2 aromatic carbocycles. The van der Waals surface area contributed by atoms with Gasteiger partial charge in [-0.2, -0.15) is 10.2 Å². The van der Waals surface area contributed by atoms with E-state index in [2.05, 4.69) is 34.1 Å². The minimum Gasteiger partial charge on any atom is -0.490 e. The molecule has 0 amide bonds. The second-order valence-electron chi connectivity index (χ2n) is 9.43. The summed E-state index contributed by atoms with van der Waals surface area (Å²) in [5.41, 5.74) is 5.66. The van der Waals surface area contributed by atoms with Crippen LogP contribution in [0.15, 0.2) is 34.9 Å². The van der Waals surface area contributed by atoms with Crippen molar-refractivity contribution in [2.24, 2.45) is 0 Å². The first-order chi connectivity index (χ1) is 17.4. The third-order valence-electron chi connectivity index (χ3n) is 6.46. The van der Waals surface area contributed by atoms with Crippen LogP contribution in [-0.4, -0.2) is 58.3 Å². The molecule has 3 aromatic rings. The van der Waals surface area contributed by atoms with Gasteiger partial charge < -0.3 is 14.4 Å². The number of nitrogens with zero attached hydrogens (tertiary/aromatic N) is 4. The Balaban J connectivity index is 1.53. The molecule has 0 aliphatic carbocycles. The monoisotopic (exact) mass is 488 g/mol. The lowest BCUT2D eigenvalue weighted by molar-refractivity contribution is -0.120. The van der Waals surface area contributed by atoms with Gasteiger partial charge in [0.2, 0.25) is 5.82 Å². The smallest absolute Gasteiger partial charge is 0.258 e. The maximum atomic E-state index is 12.2. The third-order valence-corrected chi connectivity index (χ3v) is 6.46. The number of Topliss-reactive ketones (excluding diaryl/α,β-unsaturated/α-hetero) is 1. The molecular weight excluding hydrogens is 456 g/mol. The Bertz CT molecular complexity index is 1280. The van der Waals surface area contributed by atoms with Crippen molar-refractivity contribution in [3.63, 3.8) is 0 Å². The molecule has 0 unspecified atom stereocenters. The topological polar surface area (TPSA) is 112 Å². The normalized spacial score (nSPS) is 13.8. The van der Waals surface area contributed by atoms with Gasteiger partial charge in [-0.25, -0.2) is 0 Å². The highest BCUT2D eigenvalue weighted by molar-refractivity contribution is 5.80. The molecule has 1 aliphatic rings. The standard InChI is InChI=1S/C28H32N4O4/c1-18(2)35-26-9-7-21(15-22(26)16-29)28-30-27(31-36-28)25-8-6-20-10-12-32(13-11-24(20)19(25)3)17-23(34)5-4-14-33/h6-9,15,18,33H,4-5,10-14,17H2,1-3H3. The summed E-state index contributed by atoms with van der Waals surface area (Å²) < 4.78 is 11.3. The maximum Gasteiger partial charge on any atom is 0.258 e. The fourth-order valence-electron chi connectivity index (χ4n) is 4.62. The van der Waals surface area contributed by atoms with Crippen molar-refractivity contribution in [2.75, 3.05) is 26.2 Å². The Morgan fingerprint density at radius 3 is 2.81 bits per heavy atom. The van der Waals surface area contributed by atoms with Crippen LogP contribution in [0.1, 0.15) is 48.9 Å². The SMILES string of the molecule is Cc1c(-c2noc(-c3ccc(OC(C)C)c(C#N)c3)n2)ccc2c1CCN(CC(=O)CCCO)CC2. The molecule has 0 atom stereocenters. The molecule has 0 radical (unpaired) electrons. The van der Waals surface area contributed by atoms with Gasteiger partial charge >= 0.3 is 0 Å². The van der Waals surface area contributed by atoms with Crippen molar-refractivity contribution in [1.29, 1.82) is 5.26 Å². The Labute approximate surface area is 211 Å². The lowest BCUT2D eigenvalue weighted by Crippen LogP contribution is -2.32. The van der Waals surface area contributed by atoms with Crippen molar-refractivity contribution < 1.29 is 19.2 Å². The minimum atomic E-state index is -0.0343. The van der Waals surface area contributed by atoms with Gasteiger partial charge in [0.25, 0.3) is 5.89 Å². The molecule has 4 rings (SSSR count). The maximum absolute atomic E-state index is 12.2. The number of rotatable bonds is 9. The molecule has 0 spiro atoms. The Morgan fingerprint density at radius 2 is 2.06 bits per heavy atom. The first-order valence-corrected chi connectivity index (χ1v) is 12.4. The predicted molar refractivity (Wildman–Crippen MR) is 136 cm³/mol. The summed E-state index contributed by atoms with van der Waals surface area (Å²) >= 11 is 0. The van der Waals surface area contributed by atoms with E-state index in [9.17, 15) is 10.1 Å². The summed E-state index contributed by atoms with van der Waals surface area (Å²) in [6.45, 7) is 8.03. The van der Waals surface area contributed by atoms with Gasteiger partial charge in [-0.05, 0) is 74.9 Å². The van der Waals surface area contributed by atoms with Gasteiger partial charge in [0, 0.05) is 37.2 Å². The van der Waals surface area contributed by atoms with Gasteiger partial charge in [0.1, 0.15) is 17.6 Å². The molecule has 1 aromatic heterocycles. The van der Waals surface area contributed by atoms with Crippen LogP contribution in [0, 0.1) is 18.3 Å². The number of carbonyl (C=O) groups excluding carboxylic acids is 1. The molecule has 188 valence electrons. The van der Waals surface area contributed by atoms with Crippen LogP contribution in [0.2, 0.25) is 0 Å². The van der Waals surface area contributed by atoms with E-state index >= 15 is 0 Å². The molecule has 0 saturated carbocycles. The second-order valence-corrected chi connectivity index (χ2v) is 9.43. The van der Waals surface area contributed by atoms with E-state index in [1.165, 1.54) is 11.1 Å². The third kappa shape index (κ3) is 5.81. The summed E-state index contributed by atoms with van der Waals surface area (Å²) in [6.07, 6.45) is 2.63. The van der Waals surface area contributed by atoms with E-state index in [1.807, 2.05) is 26.0 Å². The molecule has 36 heavy (non-hydrogen) atoms. The van der Waals surface area contributed by atoms with E-state index in [0.29, 0.717) is 48.0 Å². The molecule has 1 aliphatic heterocycles. The summed E-state index contributed by atoms with van der Waals surface area (Å²) in [7, 11) is 0. The Hall–Kier alpha value is -3.54. The van der Waals surface area contributed by atoms with Crippen molar-refractivity contribution in [2.45, 2.75) is 52.6 Å². The zero-order chi connectivity index (χ0) is 25.7. The van der Waals surface area contributed by atoms with Gasteiger partial charge in [-0.3, -0.25) is 9.69 Å². The van der Waals surface area contributed by atoms with E-state index in [0.717, 1.165) is 37.1 Å². The van der Waals surface area contributed by atoms with Crippen molar-refractivity contribution >= 4 is 5.78 Å². The number of benzene rings is 2. The van der Waals surface area contributed by atoms with Gasteiger partial charge in [-0.15, -0.1) is 0 Å². The van der Waals surface area contributed by atoms with Crippen LogP contribution in [0.5, 0.6) is 5.75 Å². The number of aliphatic hydroxyl groups is 1. The highest BCUT2D eigenvalue weighted by Crippen LogP contribution is 2.31. The number of carbonyl (C=O) groups is 1. The fraction of sp³-hybridized carbons (Fsp3) is 0.429. The van der Waals surface area contributed by atoms with Crippen molar-refractivity contribution in [1.82, 2.24) is 15.0 Å².